The Balaban J connectivity index is 1.97. The van der Waals surface area contributed by atoms with Crippen molar-refractivity contribution in [1.29, 1.82) is 0 Å². The fourth-order valence-electron chi connectivity index (χ4n) is 2.82. The summed E-state index contributed by atoms with van der Waals surface area (Å²) in [4.78, 5) is 0. The summed E-state index contributed by atoms with van der Waals surface area (Å²) in [6, 6.07) is 0. The molecular formula is C12H22O. The predicted octanol–water partition coefficient (Wildman–Crippen LogP) is 2.97. The highest BCUT2D eigenvalue weighted by Gasteiger charge is 2.42. The minimum Gasteiger partial charge on any atom is -0.390 e. The van der Waals surface area contributed by atoms with Crippen molar-refractivity contribution in [3.8, 4) is 0 Å². The van der Waals surface area contributed by atoms with E-state index in [1.807, 2.05) is 0 Å². The minimum absolute atomic E-state index is 0.328. The zero-order chi connectivity index (χ0) is 9.47. The molecule has 2 unspecified atom stereocenters. The van der Waals surface area contributed by atoms with Gasteiger partial charge in [-0.2, -0.15) is 0 Å². The SMILES string of the molecule is CC(C)C1(O)CCCC(C2CC2)C1. The molecule has 0 radical (unpaired) electrons. The summed E-state index contributed by atoms with van der Waals surface area (Å²) in [7, 11) is 0. The second kappa shape index (κ2) is 3.27. The highest BCUT2D eigenvalue weighted by Crippen LogP contribution is 2.48. The summed E-state index contributed by atoms with van der Waals surface area (Å²) in [6.07, 6.45) is 7.59. The van der Waals surface area contributed by atoms with Gasteiger partial charge in [0, 0.05) is 0 Å². The van der Waals surface area contributed by atoms with Crippen LogP contribution in [0.5, 0.6) is 0 Å². The van der Waals surface area contributed by atoms with Crippen molar-refractivity contribution in [2.24, 2.45) is 17.8 Å². The van der Waals surface area contributed by atoms with Gasteiger partial charge in [-0.25, -0.2) is 0 Å². The monoisotopic (exact) mass is 182 g/mol. The minimum atomic E-state index is -0.328. The number of aliphatic hydroxyl groups is 1. The maximum Gasteiger partial charge on any atom is 0.0673 e. The molecule has 0 heterocycles. The van der Waals surface area contributed by atoms with Crippen molar-refractivity contribution in [2.75, 3.05) is 0 Å². The molecule has 1 heteroatoms. The van der Waals surface area contributed by atoms with E-state index in [2.05, 4.69) is 13.8 Å². The third kappa shape index (κ3) is 1.90. The van der Waals surface area contributed by atoms with Crippen LogP contribution in [0.2, 0.25) is 0 Å². The lowest BCUT2D eigenvalue weighted by atomic mass is 9.71. The summed E-state index contributed by atoms with van der Waals surface area (Å²) < 4.78 is 0. The van der Waals surface area contributed by atoms with E-state index >= 15 is 0 Å². The Kier molecular flexibility index (Phi) is 2.39. The second-order valence-electron chi connectivity index (χ2n) is 5.45. The molecule has 13 heavy (non-hydrogen) atoms. The van der Waals surface area contributed by atoms with E-state index in [1.165, 1.54) is 25.7 Å². The Morgan fingerprint density at radius 1 is 1.15 bits per heavy atom. The summed E-state index contributed by atoms with van der Waals surface area (Å²) in [5, 5.41) is 10.4. The van der Waals surface area contributed by atoms with Crippen molar-refractivity contribution < 1.29 is 5.11 Å². The largest absolute Gasteiger partial charge is 0.390 e. The average Bonchev–Trinajstić information content (AvgIpc) is 2.86. The normalized spacial score (nSPS) is 41.1. The van der Waals surface area contributed by atoms with Crippen molar-refractivity contribution in [2.45, 2.75) is 58.0 Å². The van der Waals surface area contributed by atoms with Gasteiger partial charge < -0.3 is 5.11 Å². The van der Waals surface area contributed by atoms with Gasteiger partial charge in [0.05, 0.1) is 5.60 Å². The van der Waals surface area contributed by atoms with Gasteiger partial charge in [0.15, 0.2) is 0 Å². The Morgan fingerprint density at radius 2 is 1.85 bits per heavy atom. The third-order valence-electron chi connectivity index (χ3n) is 4.16. The summed E-state index contributed by atoms with van der Waals surface area (Å²) in [5.41, 5.74) is -0.328. The van der Waals surface area contributed by atoms with E-state index in [1.54, 1.807) is 0 Å². The quantitative estimate of drug-likeness (QED) is 0.696. The smallest absolute Gasteiger partial charge is 0.0673 e. The van der Waals surface area contributed by atoms with Gasteiger partial charge in [0.25, 0.3) is 0 Å². The second-order valence-corrected chi connectivity index (χ2v) is 5.45. The van der Waals surface area contributed by atoms with Crippen molar-refractivity contribution in [3.05, 3.63) is 0 Å². The number of hydrogen-bond donors (Lipinski definition) is 1. The molecular weight excluding hydrogens is 160 g/mol. The number of hydrogen-bond acceptors (Lipinski definition) is 1. The van der Waals surface area contributed by atoms with Gasteiger partial charge in [-0.3, -0.25) is 0 Å². The van der Waals surface area contributed by atoms with Crippen LogP contribution >= 0.6 is 0 Å². The molecule has 0 bridgehead atoms. The maximum absolute atomic E-state index is 10.4. The molecule has 2 rings (SSSR count). The van der Waals surface area contributed by atoms with Crippen LogP contribution in [0.1, 0.15) is 52.4 Å². The highest BCUT2D eigenvalue weighted by molar-refractivity contribution is 4.93. The van der Waals surface area contributed by atoms with Crippen LogP contribution in [0.25, 0.3) is 0 Å². The third-order valence-corrected chi connectivity index (χ3v) is 4.16. The average molecular weight is 182 g/mol. The van der Waals surface area contributed by atoms with Gasteiger partial charge in [-0.15, -0.1) is 0 Å². The first kappa shape index (κ1) is 9.51. The standard InChI is InChI=1S/C12H22O/c1-9(2)12(13)7-3-4-11(8-12)10-5-6-10/h9-11,13H,3-8H2,1-2H3. The molecule has 76 valence electrons. The van der Waals surface area contributed by atoms with Crippen molar-refractivity contribution in [3.63, 3.8) is 0 Å². The lowest BCUT2D eigenvalue weighted by molar-refractivity contribution is -0.0571. The van der Waals surface area contributed by atoms with Crippen LogP contribution in [0.4, 0.5) is 0 Å². The van der Waals surface area contributed by atoms with Crippen molar-refractivity contribution >= 4 is 0 Å². The zero-order valence-electron chi connectivity index (χ0n) is 8.92. The Labute approximate surface area is 81.5 Å². The lowest BCUT2D eigenvalue weighted by Crippen LogP contribution is -2.40. The van der Waals surface area contributed by atoms with Crippen molar-refractivity contribution in [1.82, 2.24) is 0 Å². The first-order valence-electron chi connectivity index (χ1n) is 5.84. The van der Waals surface area contributed by atoms with E-state index in [4.69, 9.17) is 0 Å². The lowest BCUT2D eigenvalue weighted by Gasteiger charge is -2.40. The predicted molar refractivity (Wildman–Crippen MR) is 54.5 cm³/mol. The Bertz CT molecular complexity index is 184. The van der Waals surface area contributed by atoms with Crippen LogP contribution in [0.3, 0.4) is 0 Å². The molecule has 0 aromatic carbocycles. The van der Waals surface area contributed by atoms with Gasteiger partial charge >= 0.3 is 0 Å². The first-order chi connectivity index (χ1) is 6.12. The van der Waals surface area contributed by atoms with Gasteiger partial charge in [-0.1, -0.05) is 20.3 Å². The molecule has 0 amide bonds. The maximum atomic E-state index is 10.4. The van der Waals surface area contributed by atoms with Crippen LogP contribution in [-0.2, 0) is 0 Å². The van der Waals surface area contributed by atoms with Crippen LogP contribution in [-0.4, -0.2) is 10.7 Å². The molecule has 0 saturated heterocycles. The van der Waals surface area contributed by atoms with Gasteiger partial charge in [0.1, 0.15) is 0 Å². The van der Waals surface area contributed by atoms with E-state index in [-0.39, 0.29) is 5.60 Å². The zero-order valence-corrected chi connectivity index (χ0v) is 8.92. The Hall–Kier alpha value is -0.0400. The molecule has 2 fully saturated rings. The molecule has 2 atom stereocenters. The fraction of sp³-hybridized carbons (Fsp3) is 1.00. The summed E-state index contributed by atoms with van der Waals surface area (Å²) in [6.45, 7) is 4.32. The molecule has 2 saturated carbocycles. The summed E-state index contributed by atoms with van der Waals surface area (Å²) >= 11 is 0. The molecule has 0 aliphatic heterocycles. The van der Waals surface area contributed by atoms with E-state index < -0.39 is 0 Å². The van der Waals surface area contributed by atoms with Crippen LogP contribution in [0.15, 0.2) is 0 Å². The van der Waals surface area contributed by atoms with E-state index in [0.29, 0.717) is 5.92 Å². The molecule has 0 aromatic rings. The Morgan fingerprint density at radius 3 is 2.38 bits per heavy atom. The molecule has 1 nitrogen and oxygen atoms in total. The van der Waals surface area contributed by atoms with E-state index in [9.17, 15) is 5.11 Å². The molecule has 0 aromatic heterocycles. The molecule has 0 spiro atoms. The summed E-state index contributed by atoms with van der Waals surface area (Å²) in [5.74, 6) is 2.26. The molecule has 2 aliphatic carbocycles. The highest BCUT2D eigenvalue weighted by atomic mass is 16.3. The van der Waals surface area contributed by atoms with Crippen LogP contribution in [0, 0.1) is 17.8 Å². The first-order valence-corrected chi connectivity index (χ1v) is 5.84. The topological polar surface area (TPSA) is 20.2 Å². The molecule has 1 N–H and O–H groups in total. The fourth-order valence-corrected chi connectivity index (χ4v) is 2.82. The van der Waals surface area contributed by atoms with Gasteiger partial charge in [0.2, 0.25) is 0 Å². The van der Waals surface area contributed by atoms with E-state index in [0.717, 1.165) is 24.7 Å². The van der Waals surface area contributed by atoms with Crippen LogP contribution < -0.4 is 0 Å². The van der Waals surface area contributed by atoms with Gasteiger partial charge in [-0.05, 0) is 49.9 Å². The number of rotatable bonds is 2. The molecule has 2 aliphatic rings.